The highest BCUT2D eigenvalue weighted by Gasteiger charge is 2.26. The number of hydrogen-bond donors (Lipinski definition) is 1. The van der Waals surface area contributed by atoms with Crippen LogP contribution in [0.1, 0.15) is 40.4 Å². The van der Waals surface area contributed by atoms with Gasteiger partial charge in [-0.05, 0) is 43.0 Å². The number of thiazole rings is 1. The van der Waals surface area contributed by atoms with Gasteiger partial charge in [0.1, 0.15) is 5.56 Å². The van der Waals surface area contributed by atoms with E-state index in [1.807, 2.05) is 24.3 Å². The molecule has 0 atom stereocenters. The Balaban J connectivity index is 1.60. The molecule has 0 bridgehead atoms. The lowest BCUT2D eigenvalue weighted by Gasteiger charge is -2.11. The molecule has 1 aromatic carbocycles. The highest BCUT2D eigenvalue weighted by Crippen LogP contribution is 2.33. The summed E-state index contributed by atoms with van der Waals surface area (Å²) < 4.78 is 2.75. The number of amides is 1. The molecule has 4 rings (SSSR count). The van der Waals surface area contributed by atoms with E-state index in [9.17, 15) is 9.59 Å². The Morgan fingerprint density at radius 2 is 2.21 bits per heavy atom. The van der Waals surface area contributed by atoms with Crippen LogP contribution in [0.3, 0.4) is 0 Å². The third kappa shape index (κ3) is 2.63. The molecule has 0 radical (unpaired) electrons. The summed E-state index contributed by atoms with van der Waals surface area (Å²) in [5.41, 5.74) is 4.52. The monoisotopic (exact) mass is 339 g/mol. The Labute approximate surface area is 143 Å². The lowest BCUT2D eigenvalue weighted by molar-refractivity contribution is 0.0948. The maximum Gasteiger partial charge on any atom is 0.263 e. The van der Waals surface area contributed by atoms with Crippen LogP contribution < -0.4 is 10.9 Å². The van der Waals surface area contributed by atoms with Crippen LogP contribution in [0.4, 0.5) is 0 Å². The summed E-state index contributed by atoms with van der Waals surface area (Å²) in [6, 6.07) is 7.96. The number of nitrogens with zero attached hydrogens (tertiary/aromatic N) is 2. The molecule has 0 unspecified atom stereocenters. The van der Waals surface area contributed by atoms with E-state index < -0.39 is 0 Å². The average Bonchev–Trinajstić information content (AvgIpc) is 3.29. The van der Waals surface area contributed by atoms with Crippen molar-refractivity contribution in [2.75, 3.05) is 0 Å². The number of carbonyl (C=O) groups is 1. The minimum Gasteiger partial charge on any atom is -0.348 e. The van der Waals surface area contributed by atoms with Crippen LogP contribution in [0.2, 0.25) is 0 Å². The number of pyridine rings is 1. The molecule has 2 heterocycles. The van der Waals surface area contributed by atoms with Crippen molar-refractivity contribution in [1.29, 1.82) is 0 Å². The molecule has 5 nitrogen and oxygen atoms in total. The van der Waals surface area contributed by atoms with E-state index in [2.05, 4.69) is 10.3 Å². The third-order valence-electron chi connectivity index (χ3n) is 4.37. The van der Waals surface area contributed by atoms with Crippen LogP contribution in [-0.2, 0) is 6.54 Å². The van der Waals surface area contributed by atoms with E-state index in [0.717, 1.165) is 28.6 Å². The summed E-state index contributed by atoms with van der Waals surface area (Å²) in [5, 5.41) is 2.89. The molecule has 0 spiro atoms. The largest absolute Gasteiger partial charge is 0.348 e. The van der Waals surface area contributed by atoms with Crippen molar-refractivity contribution in [2.24, 2.45) is 0 Å². The number of benzene rings is 1. The first-order valence-corrected chi connectivity index (χ1v) is 8.84. The van der Waals surface area contributed by atoms with Gasteiger partial charge in [0, 0.05) is 18.8 Å². The Hall–Kier alpha value is -2.47. The zero-order valence-electron chi connectivity index (χ0n) is 13.3. The molecule has 1 N–H and O–H groups in total. The maximum absolute atomic E-state index is 12.6. The molecule has 1 aliphatic carbocycles. The van der Waals surface area contributed by atoms with Gasteiger partial charge >= 0.3 is 0 Å². The van der Waals surface area contributed by atoms with Gasteiger partial charge in [-0.25, -0.2) is 4.98 Å². The Morgan fingerprint density at radius 1 is 1.38 bits per heavy atom. The fourth-order valence-electron chi connectivity index (χ4n) is 2.91. The first kappa shape index (κ1) is 15.1. The van der Waals surface area contributed by atoms with Crippen LogP contribution in [0.25, 0.3) is 10.2 Å². The average molecular weight is 339 g/mol. The van der Waals surface area contributed by atoms with E-state index in [0.29, 0.717) is 12.1 Å². The summed E-state index contributed by atoms with van der Waals surface area (Å²) in [7, 11) is 0. The fraction of sp³-hybridized carbons (Fsp3) is 0.278. The van der Waals surface area contributed by atoms with Crippen molar-refractivity contribution in [3.05, 3.63) is 63.0 Å². The first-order chi connectivity index (χ1) is 11.6. The van der Waals surface area contributed by atoms with Crippen molar-refractivity contribution >= 4 is 27.5 Å². The minimum atomic E-state index is -0.311. The quantitative estimate of drug-likeness (QED) is 0.795. The van der Waals surface area contributed by atoms with Gasteiger partial charge in [-0.15, -0.1) is 11.3 Å². The number of fused-ring (bicyclic) bond motifs is 1. The second-order valence-corrected chi connectivity index (χ2v) is 6.97. The van der Waals surface area contributed by atoms with Gasteiger partial charge in [-0.1, -0.05) is 12.1 Å². The number of rotatable bonds is 4. The van der Waals surface area contributed by atoms with Gasteiger partial charge in [0.25, 0.3) is 11.5 Å². The number of carbonyl (C=O) groups excluding carboxylic acids is 1. The molecule has 1 fully saturated rings. The molecule has 6 heteroatoms. The predicted molar refractivity (Wildman–Crippen MR) is 94.5 cm³/mol. The molecule has 122 valence electrons. The zero-order valence-corrected chi connectivity index (χ0v) is 14.1. The van der Waals surface area contributed by atoms with E-state index in [1.165, 1.54) is 0 Å². The molecular weight excluding hydrogens is 322 g/mol. The summed E-state index contributed by atoms with van der Waals surface area (Å²) in [4.78, 5) is 29.5. The molecule has 3 aromatic rings. The molecule has 0 aliphatic heterocycles. The van der Waals surface area contributed by atoms with Gasteiger partial charge < -0.3 is 9.88 Å². The standard InChI is InChI=1S/C18H17N3O2S/c1-11-7-8-21(13-5-6-13)18(23)15(11)17(22)19-9-12-3-2-4-14-16(12)24-10-20-14/h2-4,7-8,10,13H,5-6,9H2,1H3,(H,19,22). The number of aromatic nitrogens is 2. The van der Waals surface area contributed by atoms with E-state index >= 15 is 0 Å². The zero-order chi connectivity index (χ0) is 16.7. The Bertz CT molecular complexity index is 985. The van der Waals surface area contributed by atoms with Crippen LogP contribution in [0, 0.1) is 6.92 Å². The lowest BCUT2D eigenvalue weighted by atomic mass is 10.1. The van der Waals surface area contributed by atoms with Crippen LogP contribution in [0.5, 0.6) is 0 Å². The highest BCUT2D eigenvalue weighted by atomic mass is 32.1. The van der Waals surface area contributed by atoms with Crippen molar-refractivity contribution in [3.8, 4) is 0 Å². The van der Waals surface area contributed by atoms with E-state index in [4.69, 9.17) is 0 Å². The topological polar surface area (TPSA) is 64.0 Å². The molecule has 0 saturated heterocycles. The number of nitrogens with one attached hydrogen (secondary N) is 1. The molecule has 1 saturated carbocycles. The molecule has 2 aromatic heterocycles. The van der Waals surface area contributed by atoms with Gasteiger partial charge in [-0.3, -0.25) is 9.59 Å². The fourth-order valence-corrected chi connectivity index (χ4v) is 3.71. The van der Waals surface area contributed by atoms with Crippen molar-refractivity contribution in [3.63, 3.8) is 0 Å². The van der Waals surface area contributed by atoms with Gasteiger partial charge in [0.2, 0.25) is 0 Å². The van der Waals surface area contributed by atoms with Crippen molar-refractivity contribution in [1.82, 2.24) is 14.9 Å². The van der Waals surface area contributed by atoms with E-state index in [-0.39, 0.29) is 23.1 Å². The van der Waals surface area contributed by atoms with Gasteiger partial charge in [-0.2, -0.15) is 0 Å². The van der Waals surface area contributed by atoms with Crippen molar-refractivity contribution < 1.29 is 4.79 Å². The van der Waals surface area contributed by atoms with Gasteiger partial charge in [0.15, 0.2) is 0 Å². The second-order valence-electron chi connectivity index (χ2n) is 6.12. The molecular formula is C18H17N3O2S. The summed E-state index contributed by atoms with van der Waals surface area (Å²) in [6.07, 6.45) is 3.82. The van der Waals surface area contributed by atoms with Gasteiger partial charge in [0.05, 0.1) is 15.7 Å². The maximum atomic E-state index is 12.6. The normalized spacial score (nSPS) is 14.0. The smallest absolute Gasteiger partial charge is 0.263 e. The minimum absolute atomic E-state index is 0.189. The van der Waals surface area contributed by atoms with Crippen LogP contribution in [-0.4, -0.2) is 15.5 Å². The van der Waals surface area contributed by atoms with E-state index in [1.54, 1.807) is 34.5 Å². The SMILES string of the molecule is Cc1ccn(C2CC2)c(=O)c1C(=O)NCc1cccc2ncsc12. The predicted octanol–water partition coefficient (Wildman–Crippen LogP) is 3.03. The van der Waals surface area contributed by atoms with Crippen LogP contribution in [0.15, 0.2) is 40.8 Å². The molecule has 1 aliphatic rings. The van der Waals surface area contributed by atoms with Crippen molar-refractivity contribution in [2.45, 2.75) is 32.4 Å². The highest BCUT2D eigenvalue weighted by molar-refractivity contribution is 7.16. The Morgan fingerprint density at radius 3 is 3.00 bits per heavy atom. The first-order valence-electron chi connectivity index (χ1n) is 7.96. The number of hydrogen-bond acceptors (Lipinski definition) is 4. The Kier molecular flexibility index (Phi) is 3.69. The molecule has 24 heavy (non-hydrogen) atoms. The summed E-state index contributed by atoms with van der Waals surface area (Å²) >= 11 is 1.55. The lowest BCUT2D eigenvalue weighted by Crippen LogP contribution is -2.33. The summed E-state index contributed by atoms with van der Waals surface area (Å²) in [6.45, 7) is 2.19. The summed E-state index contributed by atoms with van der Waals surface area (Å²) in [5.74, 6) is -0.311. The number of aryl methyl sites for hydroxylation is 1. The van der Waals surface area contributed by atoms with Crippen LogP contribution >= 0.6 is 11.3 Å². The third-order valence-corrected chi connectivity index (χ3v) is 5.29. The second kappa shape index (κ2) is 5.87. The molecule has 1 amide bonds.